The van der Waals surface area contributed by atoms with Gasteiger partial charge in [-0.3, -0.25) is 14.4 Å². The number of ketones is 1. The Morgan fingerprint density at radius 2 is 1.83 bits per heavy atom. The Bertz CT molecular complexity index is 610. The van der Waals surface area contributed by atoms with E-state index in [9.17, 15) is 14.4 Å². The van der Waals surface area contributed by atoms with Crippen molar-refractivity contribution < 1.29 is 23.9 Å². The van der Waals surface area contributed by atoms with E-state index in [0.717, 1.165) is 0 Å². The van der Waals surface area contributed by atoms with Gasteiger partial charge in [-0.1, -0.05) is 42.3 Å². The van der Waals surface area contributed by atoms with Crippen molar-refractivity contribution >= 4 is 47.0 Å². The van der Waals surface area contributed by atoms with E-state index in [1.165, 1.54) is 12.2 Å². The predicted octanol–water partition coefficient (Wildman–Crippen LogP) is 3.81. The lowest BCUT2D eigenvalue weighted by molar-refractivity contribution is -0.167. The van der Waals surface area contributed by atoms with E-state index in [2.05, 4.69) is 9.47 Å². The number of allylic oxidation sites excluding steroid dienone is 1. The lowest BCUT2D eigenvalue weighted by atomic mass is 10.1. The molecule has 0 bridgehead atoms. The second-order valence-corrected chi connectivity index (χ2v) is 5.31. The van der Waals surface area contributed by atoms with Crippen molar-refractivity contribution in [2.24, 2.45) is 0 Å². The van der Waals surface area contributed by atoms with Crippen molar-refractivity contribution in [3.8, 4) is 0 Å². The number of carbonyl (C=O) groups excluding carboxylic acids is 3. The molecule has 0 spiro atoms. The molecule has 7 heteroatoms. The van der Waals surface area contributed by atoms with Crippen LogP contribution in [0.15, 0.2) is 24.3 Å². The van der Waals surface area contributed by atoms with Gasteiger partial charge in [0.25, 0.3) is 0 Å². The van der Waals surface area contributed by atoms with Crippen LogP contribution >= 0.6 is 23.2 Å². The van der Waals surface area contributed by atoms with E-state index in [-0.39, 0.29) is 6.42 Å². The van der Waals surface area contributed by atoms with Crippen molar-refractivity contribution in [3.63, 3.8) is 0 Å². The van der Waals surface area contributed by atoms with Gasteiger partial charge in [-0.15, -0.1) is 0 Å². The molecule has 0 amide bonds. The van der Waals surface area contributed by atoms with Crippen LogP contribution in [0.25, 0.3) is 6.08 Å². The van der Waals surface area contributed by atoms with Crippen LogP contribution in [0, 0.1) is 0 Å². The summed E-state index contributed by atoms with van der Waals surface area (Å²) in [5, 5.41) is 0.693. The first-order chi connectivity index (χ1) is 10.9. The highest BCUT2D eigenvalue weighted by Crippen LogP contribution is 2.26. The normalized spacial score (nSPS) is 10.6. The van der Waals surface area contributed by atoms with E-state index in [0.29, 0.717) is 22.0 Å². The summed E-state index contributed by atoms with van der Waals surface area (Å²) in [7, 11) is 0. The molecule has 0 saturated heterocycles. The number of rotatable bonds is 8. The summed E-state index contributed by atoms with van der Waals surface area (Å²) >= 11 is 11.8. The number of ether oxygens (including phenoxy) is 2. The van der Waals surface area contributed by atoms with Crippen LogP contribution in [0.3, 0.4) is 0 Å². The summed E-state index contributed by atoms with van der Waals surface area (Å²) in [4.78, 5) is 34.1. The zero-order valence-corrected chi connectivity index (χ0v) is 14.0. The zero-order chi connectivity index (χ0) is 17.2. The average Bonchev–Trinajstić information content (AvgIpc) is 2.49. The Labute approximate surface area is 144 Å². The monoisotopic (exact) mass is 358 g/mol. The first-order valence-electron chi connectivity index (χ1n) is 6.90. The van der Waals surface area contributed by atoms with Gasteiger partial charge in [0, 0.05) is 6.42 Å². The Hall–Kier alpha value is -1.85. The molecule has 0 radical (unpaired) electrons. The molecule has 0 unspecified atom stereocenters. The van der Waals surface area contributed by atoms with Crippen LogP contribution in [0.5, 0.6) is 0 Å². The molecule has 0 atom stereocenters. The molecule has 23 heavy (non-hydrogen) atoms. The van der Waals surface area contributed by atoms with Gasteiger partial charge >= 0.3 is 11.9 Å². The van der Waals surface area contributed by atoms with Crippen LogP contribution in [-0.2, 0) is 23.9 Å². The SMILES string of the molecule is CCCC(=O)OCOC(=O)CC(=O)C=Cc1cccc(Cl)c1Cl. The molecule has 1 rings (SSSR count). The van der Waals surface area contributed by atoms with Crippen molar-refractivity contribution in [2.75, 3.05) is 6.79 Å². The quantitative estimate of drug-likeness (QED) is 0.306. The topological polar surface area (TPSA) is 69.7 Å². The minimum absolute atomic E-state index is 0.250. The van der Waals surface area contributed by atoms with Gasteiger partial charge in [0.05, 0.1) is 10.0 Å². The van der Waals surface area contributed by atoms with Gasteiger partial charge in [0.1, 0.15) is 6.42 Å². The Morgan fingerprint density at radius 1 is 1.13 bits per heavy atom. The minimum Gasteiger partial charge on any atom is -0.428 e. The second kappa shape index (κ2) is 10.0. The lowest BCUT2D eigenvalue weighted by Gasteiger charge is -2.04. The third kappa shape index (κ3) is 7.30. The molecule has 0 aromatic heterocycles. The van der Waals surface area contributed by atoms with E-state index < -0.39 is 30.9 Å². The van der Waals surface area contributed by atoms with Gasteiger partial charge in [-0.25, -0.2) is 0 Å². The van der Waals surface area contributed by atoms with Crippen LogP contribution in [0.1, 0.15) is 31.7 Å². The lowest BCUT2D eigenvalue weighted by Crippen LogP contribution is -2.14. The van der Waals surface area contributed by atoms with Crippen LogP contribution in [0.2, 0.25) is 10.0 Å². The number of benzene rings is 1. The maximum Gasteiger partial charge on any atom is 0.316 e. The molecule has 5 nitrogen and oxygen atoms in total. The smallest absolute Gasteiger partial charge is 0.316 e. The fraction of sp³-hybridized carbons (Fsp3) is 0.312. The molecule has 0 saturated carbocycles. The molecular formula is C16H16Cl2O5. The maximum absolute atomic E-state index is 11.7. The van der Waals surface area contributed by atoms with Crippen LogP contribution in [-0.4, -0.2) is 24.5 Å². The third-order valence-electron chi connectivity index (χ3n) is 2.64. The summed E-state index contributed by atoms with van der Waals surface area (Å²) in [6.07, 6.45) is 3.11. The minimum atomic E-state index is -0.777. The molecule has 0 heterocycles. The third-order valence-corrected chi connectivity index (χ3v) is 3.48. The van der Waals surface area contributed by atoms with Crippen molar-refractivity contribution in [1.29, 1.82) is 0 Å². The van der Waals surface area contributed by atoms with Crippen molar-refractivity contribution in [3.05, 3.63) is 39.9 Å². The Morgan fingerprint density at radius 3 is 2.52 bits per heavy atom. The highest BCUT2D eigenvalue weighted by atomic mass is 35.5. The van der Waals surface area contributed by atoms with Gasteiger partial charge in [0.15, 0.2) is 5.78 Å². The number of hydrogen-bond donors (Lipinski definition) is 0. The summed E-state index contributed by atoms with van der Waals surface area (Å²) in [5.41, 5.74) is 0.564. The van der Waals surface area contributed by atoms with Crippen LogP contribution in [0.4, 0.5) is 0 Å². The molecule has 0 aliphatic rings. The van der Waals surface area contributed by atoms with Gasteiger partial charge in [-0.05, 0) is 30.2 Å². The summed E-state index contributed by atoms with van der Waals surface area (Å²) in [6, 6.07) is 5.00. The fourth-order valence-electron chi connectivity index (χ4n) is 1.52. The molecule has 1 aromatic rings. The standard InChI is InChI=1S/C16H16Cl2O5/c1-2-4-14(20)22-10-23-15(21)9-12(19)8-7-11-5-3-6-13(17)16(11)18/h3,5-8H,2,4,9-10H2,1H3. The van der Waals surface area contributed by atoms with E-state index in [1.807, 2.05) is 6.92 Å². The van der Waals surface area contributed by atoms with Gasteiger partial charge < -0.3 is 9.47 Å². The first kappa shape index (κ1) is 19.2. The second-order valence-electron chi connectivity index (χ2n) is 4.52. The molecule has 124 valence electrons. The summed E-state index contributed by atoms with van der Waals surface area (Å²) in [5.74, 6) is -1.70. The molecule has 1 aromatic carbocycles. The number of hydrogen-bond acceptors (Lipinski definition) is 5. The largest absolute Gasteiger partial charge is 0.428 e. The van der Waals surface area contributed by atoms with Crippen LogP contribution < -0.4 is 0 Å². The Balaban J connectivity index is 2.41. The molecule has 0 N–H and O–H groups in total. The first-order valence-corrected chi connectivity index (χ1v) is 7.65. The highest BCUT2D eigenvalue weighted by molar-refractivity contribution is 6.42. The fourth-order valence-corrected chi connectivity index (χ4v) is 1.89. The van der Waals surface area contributed by atoms with E-state index >= 15 is 0 Å². The predicted molar refractivity (Wildman–Crippen MR) is 87.1 cm³/mol. The molecule has 0 aliphatic carbocycles. The van der Waals surface area contributed by atoms with Gasteiger partial charge in [0.2, 0.25) is 6.79 Å². The maximum atomic E-state index is 11.7. The van der Waals surface area contributed by atoms with Crippen molar-refractivity contribution in [1.82, 2.24) is 0 Å². The summed E-state index contributed by atoms with van der Waals surface area (Å²) in [6.45, 7) is 1.33. The molecule has 0 fully saturated rings. The van der Waals surface area contributed by atoms with E-state index in [4.69, 9.17) is 23.2 Å². The number of carbonyl (C=O) groups is 3. The van der Waals surface area contributed by atoms with Crippen molar-refractivity contribution in [2.45, 2.75) is 26.2 Å². The average molecular weight is 359 g/mol. The number of esters is 2. The zero-order valence-electron chi connectivity index (χ0n) is 12.5. The molecule has 0 aliphatic heterocycles. The Kier molecular flexibility index (Phi) is 8.37. The van der Waals surface area contributed by atoms with E-state index in [1.54, 1.807) is 18.2 Å². The molecular weight excluding hydrogens is 343 g/mol. The highest BCUT2D eigenvalue weighted by Gasteiger charge is 2.10. The summed E-state index contributed by atoms with van der Waals surface area (Å²) < 4.78 is 9.29. The number of halogens is 2. The van der Waals surface area contributed by atoms with Gasteiger partial charge in [-0.2, -0.15) is 0 Å².